The molecular formula is C23H31N3O. The Bertz CT molecular complexity index is 762. The Morgan fingerprint density at radius 2 is 1.59 bits per heavy atom. The summed E-state index contributed by atoms with van der Waals surface area (Å²) in [5.74, 6) is 0.108. The third-order valence-electron chi connectivity index (χ3n) is 5.51. The van der Waals surface area contributed by atoms with Crippen LogP contribution in [0.25, 0.3) is 0 Å². The summed E-state index contributed by atoms with van der Waals surface area (Å²) in [6, 6.07) is 15.0. The molecule has 0 unspecified atom stereocenters. The van der Waals surface area contributed by atoms with E-state index in [-0.39, 0.29) is 5.91 Å². The maximum atomic E-state index is 12.2. The van der Waals surface area contributed by atoms with Gasteiger partial charge in [-0.25, -0.2) is 0 Å². The number of carbonyl (C=O) groups excluding carboxylic acids is 1. The zero-order valence-electron chi connectivity index (χ0n) is 16.8. The molecule has 0 aromatic heterocycles. The molecule has 1 aliphatic rings. The molecule has 0 spiro atoms. The fourth-order valence-corrected chi connectivity index (χ4v) is 3.40. The molecule has 4 nitrogen and oxygen atoms in total. The molecule has 0 aliphatic carbocycles. The number of hydrogen-bond donors (Lipinski definition) is 1. The fraction of sp³-hybridized carbons (Fsp3) is 0.435. The second-order valence-corrected chi connectivity index (χ2v) is 7.65. The Hall–Kier alpha value is -2.33. The van der Waals surface area contributed by atoms with Gasteiger partial charge in [0, 0.05) is 44.8 Å². The van der Waals surface area contributed by atoms with E-state index in [1.54, 1.807) is 0 Å². The summed E-state index contributed by atoms with van der Waals surface area (Å²) in [6.45, 7) is 9.19. The van der Waals surface area contributed by atoms with Crippen LogP contribution in [0.3, 0.4) is 0 Å². The van der Waals surface area contributed by atoms with E-state index in [9.17, 15) is 4.79 Å². The van der Waals surface area contributed by atoms with Crippen LogP contribution >= 0.6 is 0 Å². The highest BCUT2D eigenvalue weighted by Crippen LogP contribution is 2.17. The van der Waals surface area contributed by atoms with Crippen molar-refractivity contribution in [3.05, 3.63) is 64.7 Å². The first-order chi connectivity index (χ1) is 13.0. The van der Waals surface area contributed by atoms with Gasteiger partial charge in [0.2, 0.25) is 5.91 Å². The largest absolute Gasteiger partial charge is 0.369 e. The van der Waals surface area contributed by atoms with E-state index in [0.29, 0.717) is 13.0 Å². The summed E-state index contributed by atoms with van der Waals surface area (Å²) in [5.41, 5.74) is 6.22. The van der Waals surface area contributed by atoms with Crippen molar-refractivity contribution >= 4 is 11.6 Å². The van der Waals surface area contributed by atoms with E-state index in [0.717, 1.165) is 38.2 Å². The molecule has 1 N–H and O–H groups in total. The average molecular weight is 366 g/mol. The van der Waals surface area contributed by atoms with Gasteiger partial charge in [-0.15, -0.1) is 0 Å². The maximum Gasteiger partial charge on any atom is 0.220 e. The van der Waals surface area contributed by atoms with Crippen LogP contribution in [0.1, 0.15) is 28.7 Å². The molecule has 1 heterocycles. The molecule has 0 atom stereocenters. The Morgan fingerprint density at radius 1 is 0.926 bits per heavy atom. The van der Waals surface area contributed by atoms with Crippen LogP contribution in [0.2, 0.25) is 0 Å². The number of benzene rings is 2. The highest BCUT2D eigenvalue weighted by Gasteiger charge is 2.14. The van der Waals surface area contributed by atoms with Crippen molar-refractivity contribution in [3.8, 4) is 0 Å². The third-order valence-corrected chi connectivity index (χ3v) is 5.51. The summed E-state index contributed by atoms with van der Waals surface area (Å²) in [7, 11) is 2.17. The Kier molecular flexibility index (Phi) is 6.51. The van der Waals surface area contributed by atoms with Gasteiger partial charge in [0.05, 0.1) is 0 Å². The number of nitrogens with one attached hydrogen (secondary N) is 1. The first kappa shape index (κ1) is 19.4. The number of nitrogens with zero attached hydrogens (tertiary/aromatic N) is 2. The van der Waals surface area contributed by atoms with Crippen LogP contribution in [0, 0.1) is 13.8 Å². The standard InChI is InChI=1S/C23H31N3O/c1-18-4-5-20(16-19(18)2)8-11-23(27)24-17-21-6-9-22(10-7-21)26-14-12-25(3)13-15-26/h4-7,9-10,16H,8,11-15,17H2,1-3H3,(H,24,27). The number of piperazine rings is 1. The van der Waals surface area contributed by atoms with Gasteiger partial charge in [-0.2, -0.15) is 0 Å². The summed E-state index contributed by atoms with van der Waals surface area (Å²) in [4.78, 5) is 16.9. The number of rotatable bonds is 6. The van der Waals surface area contributed by atoms with Gasteiger partial charge in [0.25, 0.3) is 0 Å². The molecule has 1 saturated heterocycles. The third kappa shape index (κ3) is 5.57. The number of likely N-dealkylation sites (N-methyl/N-ethyl adjacent to an activating group) is 1. The predicted octanol–water partition coefficient (Wildman–Crippen LogP) is 3.30. The Morgan fingerprint density at radius 3 is 2.26 bits per heavy atom. The highest BCUT2D eigenvalue weighted by atomic mass is 16.1. The van der Waals surface area contributed by atoms with Crippen molar-refractivity contribution in [2.75, 3.05) is 38.1 Å². The first-order valence-corrected chi connectivity index (χ1v) is 9.86. The summed E-state index contributed by atoms with van der Waals surface area (Å²) in [6.07, 6.45) is 1.32. The summed E-state index contributed by atoms with van der Waals surface area (Å²) < 4.78 is 0. The van der Waals surface area contributed by atoms with E-state index >= 15 is 0 Å². The molecule has 27 heavy (non-hydrogen) atoms. The van der Waals surface area contributed by atoms with Gasteiger partial charge in [-0.3, -0.25) is 4.79 Å². The van der Waals surface area contributed by atoms with Gasteiger partial charge < -0.3 is 15.1 Å². The molecule has 0 saturated carbocycles. The zero-order valence-corrected chi connectivity index (χ0v) is 16.8. The minimum absolute atomic E-state index is 0.108. The smallest absolute Gasteiger partial charge is 0.220 e. The first-order valence-electron chi connectivity index (χ1n) is 9.86. The van der Waals surface area contributed by atoms with Gasteiger partial charge in [-0.05, 0) is 61.7 Å². The van der Waals surface area contributed by atoms with Crippen molar-refractivity contribution in [1.82, 2.24) is 10.2 Å². The van der Waals surface area contributed by atoms with Gasteiger partial charge in [0.15, 0.2) is 0 Å². The van der Waals surface area contributed by atoms with Crippen molar-refractivity contribution in [1.29, 1.82) is 0 Å². The molecular weight excluding hydrogens is 334 g/mol. The summed E-state index contributed by atoms with van der Waals surface area (Å²) >= 11 is 0. The van der Waals surface area contributed by atoms with E-state index in [1.807, 2.05) is 0 Å². The molecule has 0 bridgehead atoms. The minimum atomic E-state index is 0.108. The molecule has 0 radical (unpaired) electrons. The van der Waals surface area contributed by atoms with Crippen LogP contribution in [0.15, 0.2) is 42.5 Å². The molecule has 2 aromatic carbocycles. The number of amides is 1. The molecule has 1 aliphatic heterocycles. The molecule has 3 rings (SSSR count). The van der Waals surface area contributed by atoms with Crippen molar-refractivity contribution in [2.45, 2.75) is 33.2 Å². The van der Waals surface area contributed by atoms with E-state index in [1.165, 1.54) is 22.4 Å². The topological polar surface area (TPSA) is 35.6 Å². The van der Waals surface area contributed by atoms with Crippen LogP contribution < -0.4 is 10.2 Å². The van der Waals surface area contributed by atoms with Crippen molar-refractivity contribution in [3.63, 3.8) is 0 Å². The minimum Gasteiger partial charge on any atom is -0.369 e. The quantitative estimate of drug-likeness (QED) is 0.853. The van der Waals surface area contributed by atoms with Gasteiger partial charge >= 0.3 is 0 Å². The van der Waals surface area contributed by atoms with Gasteiger partial charge in [0.1, 0.15) is 0 Å². The predicted molar refractivity (Wildman–Crippen MR) is 112 cm³/mol. The number of anilines is 1. The highest BCUT2D eigenvalue weighted by molar-refractivity contribution is 5.76. The number of aryl methyl sites for hydroxylation is 3. The summed E-state index contributed by atoms with van der Waals surface area (Å²) in [5, 5.41) is 3.04. The molecule has 1 fully saturated rings. The van der Waals surface area contributed by atoms with Crippen LogP contribution in [0.5, 0.6) is 0 Å². The number of carbonyl (C=O) groups is 1. The lowest BCUT2D eigenvalue weighted by Gasteiger charge is -2.34. The van der Waals surface area contributed by atoms with E-state index in [2.05, 4.69) is 78.5 Å². The Labute approximate surface area is 163 Å². The van der Waals surface area contributed by atoms with Crippen LogP contribution in [-0.2, 0) is 17.8 Å². The van der Waals surface area contributed by atoms with Gasteiger partial charge in [-0.1, -0.05) is 30.3 Å². The lowest BCUT2D eigenvalue weighted by atomic mass is 10.0. The number of hydrogen-bond acceptors (Lipinski definition) is 3. The molecule has 1 amide bonds. The normalized spacial score (nSPS) is 15.0. The Balaban J connectivity index is 1.43. The van der Waals surface area contributed by atoms with Crippen LogP contribution in [-0.4, -0.2) is 44.0 Å². The lowest BCUT2D eigenvalue weighted by molar-refractivity contribution is -0.121. The monoisotopic (exact) mass is 365 g/mol. The lowest BCUT2D eigenvalue weighted by Crippen LogP contribution is -2.44. The fourth-order valence-electron chi connectivity index (χ4n) is 3.40. The van der Waals surface area contributed by atoms with Crippen molar-refractivity contribution in [2.24, 2.45) is 0 Å². The van der Waals surface area contributed by atoms with Crippen molar-refractivity contribution < 1.29 is 4.79 Å². The molecule has 4 heteroatoms. The SMILES string of the molecule is Cc1ccc(CCC(=O)NCc2ccc(N3CCN(C)CC3)cc2)cc1C. The van der Waals surface area contributed by atoms with Crippen LogP contribution in [0.4, 0.5) is 5.69 Å². The zero-order chi connectivity index (χ0) is 19.2. The second kappa shape index (κ2) is 9.05. The maximum absolute atomic E-state index is 12.2. The molecule has 2 aromatic rings. The van der Waals surface area contributed by atoms with E-state index < -0.39 is 0 Å². The second-order valence-electron chi connectivity index (χ2n) is 7.65. The average Bonchev–Trinajstić information content (AvgIpc) is 2.68. The molecule has 144 valence electrons. The van der Waals surface area contributed by atoms with E-state index in [4.69, 9.17) is 0 Å².